The van der Waals surface area contributed by atoms with Gasteiger partial charge in [0.25, 0.3) is 0 Å². The van der Waals surface area contributed by atoms with Crippen molar-refractivity contribution in [2.24, 2.45) is 0 Å². The molecule has 0 saturated heterocycles. The minimum absolute atomic E-state index is 0.0792. The smallest absolute Gasteiger partial charge is 0.307 e. The summed E-state index contributed by atoms with van der Waals surface area (Å²) in [5.41, 5.74) is 4.28. The van der Waals surface area contributed by atoms with Gasteiger partial charge in [-0.05, 0) is 31.4 Å². The van der Waals surface area contributed by atoms with Gasteiger partial charge in [0, 0.05) is 23.1 Å². The van der Waals surface area contributed by atoms with E-state index < -0.39 is 5.97 Å². The molecule has 1 aliphatic rings. The van der Waals surface area contributed by atoms with E-state index >= 15 is 0 Å². The Morgan fingerprint density at radius 1 is 1.39 bits per heavy atom. The number of nitrogens with zero attached hydrogens (tertiary/aromatic N) is 4. The summed E-state index contributed by atoms with van der Waals surface area (Å²) in [4.78, 5) is 11.3. The highest BCUT2D eigenvalue weighted by Crippen LogP contribution is 2.34. The molecule has 6 nitrogen and oxygen atoms in total. The second-order valence-corrected chi connectivity index (χ2v) is 6.14. The van der Waals surface area contributed by atoms with Crippen molar-refractivity contribution in [3.63, 3.8) is 0 Å². The van der Waals surface area contributed by atoms with Crippen molar-refractivity contribution >= 4 is 16.9 Å². The van der Waals surface area contributed by atoms with Gasteiger partial charge in [0.1, 0.15) is 0 Å². The summed E-state index contributed by atoms with van der Waals surface area (Å²) in [7, 11) is 0. The predicted molar refractivity (Wildman–Crippen MR) is 85.4 cm³/mol. The molecule has 3 heterocycles. The molecule has 1 atom stereocenters. The number of rotatable bonds is 3. The normalized spacial score (nSPS) is 17.3. The van der Waals surface area contributed by atoms with E-state index in [1.165, 1.54) is 0 Å². The molecule has 0 saturated carbocycles. The lowest BCUT2D eigenvalue weighted by atomic mass is 10.00. The minimum Gasteiger partial charge on any atom is -0.481 e. The van der Waals surface area contributed by atoms with Crippen LogP contribution in [0.4, 0.5) is 0 Å². The van der Waals surface area contributed by atoms with Crippen LogP contribution in [0.5, 0.6) is 0 Å². The highest BCUT2D eigenvalue weighted by molar-refractivity contribution is 5.89. The molecule has 0 spiro atoms. The van der Waals surface area contributed by atoms with Gasteiger partial charge in [-0.2, -0.15) is 0 Å². The number of aryl methyl sites for hydroxylation is 1. The van der Waals surface area contributed by atoms with Crippen molar-refractivity contribution < 1.29 is 9.90 Å². The molecule has 4 rings (SSSR count). The van der Waals surface area contributed by atoms with E-state index in [4.69, 9.17) is 0 Å². The minimum atomic E-state index is -0.779. The summed E-state index contributed by atoms with van der Waals surface area (Å²) in [5.74, 6) is -0.779. The molecule has 6 heteroatoms. The Morgan fingerprint density at radius 2 is 2.22 bits per heavy atom. The fourth-order valence-electron chi connectivity index (χ4n) is 3.73. The Morgan fingerprint density at radius 3 is 2.96 bits per heavy atom. The van der Waals surface area contributed by atoms with Crippen LogP contribution in [-0.2, 0) is 24.2 Å². The van der Waals surface area contributed by atoms with Crippen LogP contribution in [0, 0.1) is 6.92 Å². The molecule has 0 radical (unpaired) electrons. The Hall–Kier alpha value is -2.63. The van der Waals surface area contributed by atoms with E-state index in [0.29, 0.717) is 0 Å². The summed E-state index contributed by atoms with van der Waals surface area (Å²) in [6, 6.07) is 8.33. The number of carboxylic acids is 1. The molecule has 118 valence electrons. The fourth-order valence-corrected chi connectivity index (χ4v) is 3.73. The van der Waals surface area contributed by atoms with Gasteiger partial charge < -0.3 is 9.67 Å². The van der Waals surface area contributed by atoms with Crippen molar-refractivity contribution in [3.05, 3.63) is 47.4 Å². The van der Waals surface area contributed by atoms with Crippen molar-refractivity contribution in [1.29, 1.82) is 0 Å². The third-order valence-corrected chi connectivity index (χ3v) is 4.73. The van der Waals surface area contributed by atoms with Gasteiger partial charge in [-0.3, -0.25) is 4.79 Å². The number of carbonyl (C=O) groups is 1. The number of para-hydroxylation sites is 1. The number of carboxylic acid groups (broad SMARTS) is 1. The Labute approximate surface area is 133 Å². The molecule has 1 unspecified atom stereocenters. The topological polar surface area (TPSA) is 72.9 Å². The maximum atomic E-state index is 11.3. The number of aromatic nitrogens is 4. The highest BCUT2D eigenvalue weighted by atomic mass is 16.4. The zero-order valence-electron chi connectivity index (χ0n) is 12.9. The van der Waals surface area contributed by atoms with Gasteiger partial charge in [0.05, 0.1) is 24.4 Å². The third-order valence-electron chi connectivity index (χ3n) is 4.73. The van der Waals surface area contributed by atoms with Gasteiger partial charge in [-0.15, -0.1) is 5.10 Å². The largest absolute Gasteiger partial charge is 0.481 e. The van der Waals surface area contributed by atoms with Crippen molar-refractivity contribution in [1.82, 2.24) is 19.6 Å². The second kappa shape index (κ2) is 5.22. The molecule has 1 N–H and O–H groups in total. The first kappa shape index (κ1) is 14.0. The van der Waals surface area contributed by atoms with E-state index in [-0.39, 0.29) is 12.5 Å². The SMILES string of the molecule is Cc1cnnn1C1CCc2c(CC(=O)O)c3ccccc3n2C1. The molecular weight excluding hydrogens is 292 g/mol. The first-order valence-corrected chi connectivity index (χ1v) is 7.82. The number of hydrogen-bond acceptors (Lipinski definition) is 3. The highest BCUT2D eigenvalue weighted by Gasteiger charge is 2.27. The lowest BCUT2D eigenvalue weighted by Gasteiger charge is -2.26. The number of aliphatic carboxylic acids is 1. The first-order chi connectivity index (χ1) is 11.1. The molecule has 3 aromatic rings. The molecule has 0 amide bonds. The average molecular weight is 310 g/mol. The zero-order valence-corrected chi connectivity index (χ0v) is 12.9. The number of hydrogen-bond donors (Lipinski definition) is 1. The molecule has 2 aromatic heterocycles. The van der Waals surface area contributed by atoms with Gasteiger partial charge in [-0.1, -0.05) is 23.4 Å². The van der Waals surface area contributed by atoms with Crippen LogP contribution in [0.3, 0.4) is 0 Å². The Kier molecular flexibility index (Phi) is 3.18. The molecule has 0 aliphatic carbocycles. The molecule has 0 bridgehead atoms. The molecule has 0 fully saturated rings. The predicted octanol–water partition coefficient (Wildman–Crippen LogP) is 2.36. The lowest BCUT2D eigenvalue weighted by molar-refractivity contribution is -0.136. The van der Waals surface area contributed by atoms with E-state index in [9.17, 15) is 9.90 Å². The van der Waals surface area contributed by atoms with Crippen molar-refractivity contribution in [2.45, 2.75) is 38.8 Å². The average Bonchev–Trinajstić information content (AvgIpc) is 3.10. The summed E-state index contributed by atoms with van der Waals surface area (Å²) < 4.78 is 4.25. The van der Waals surface area contributed by atoms with E-state index in [1.54, 1.807) is 6.20 Å². The molecule has 1 aliphatic heterocycles. The Bertz CT molecular complexity index is 893. The molecule has 1 aromatic carbocycles. The summed E-state index contributed by atoms with van der Waals surface area (Å²) >= 11 is 0. The van der Waals surface area contributed by atoms with Crippen LogP contribution >= 0.6 is 0 Å². The van der Waals surface area contributed by atoms with Gasteiger partial charge in [0.2, 0.25) is 0 Å². The van der Waals surface area contributed by atoms with Crippen LogP contribution in [-0.4, -0.2) is 30.6 Å². The maximum absolute atomic E-state index is 11.3. The zero-order chi connectivity index (χ0) is 16.0. The Balaban J connectivity index is 1.82. The quantitative estimate of drug-likeness (QED) is 0.806. The fraction of sp³-hybridized carbons (Fsp3) is 0.353. The summed E-state index contributed by atoms with van der Waals surface area (Å²) in [6.07, 6.45) is 3.67. The van der Waals surface area contributed by atoms with Gasteiger partial charge in [-0.25, -0.2) is 4.68 Å². The van der Waals surface area contributed by atoms with Crippen molar-refractivity contribution in [2.75, 3.05) is 0 Å². The number of fused-ring (bicyclic) bond motifs is 3. The summed E-state index contributed by atoms with van der Waals surface area (Å²) in [5, 5.41) is 18.5. The van der Waals surface area contributed by atoms with Crippen LogP contribution in [0.15, 0.2) is 30.5 Å². The second-order valence-electron chi connectivity index (χ2n) is 6.14. The summed E-state index contributed by atoms with van der Waals surface area (Å²) in [6.45, 7) is 2.82. The first-order valence-electron chi connectivity index (χ1n) is 7.82. The van der Waals surface area contributed by atoms with E-state index in [1.807, 2.05) is 29.8 Å². The van der Waals surface area contributed by atoms with Crippen LogP contribution in [0.2, 0.25) is 0 Å². The standard InChI is InChI=1S/C17H18N4O2/c1-11-9-18-19-21(11)12-6-7-16-14(8-17(22)23)13-4-2-3-5-15(13)20(16)10-12/h2-5,9,12H,6-8,10H2,1H3,(H,22,23). The van der Waals surface area contributed by atoms with Crippen molar-refractivity contribution in [3.8, 4) is 0 Å². The third kappa shape index (κ3) is 2.21. The van der Waals surface area contributed by atoms with E-state index in [0.717, 1.165) is 47.2 Å². The maximum Gasteiger partial charge on any atom is 0.307 e. The van der Waals surface area contributed by atoms with Gasteiger partial charge in [0.15, 0.2) is 0 Å². The lowest BCUT2D eigenvalue weighted by Crippen LogP contribution is -2.25. The van der Waals surface area contributed by atoms with E-state index in [2.05, 4.69) is 20.9 Å². The molecular formula is C17H18N4O2. The van der Waals surface area contributed by atoms with Crippen LogP contribution < -0.4 is 0 Å². The molecule has 23 heavy (non-hydrogen) atoms. The van der Waals surface area contributed by atoms with Crippen LogP contribution in [0.25, 0.3) is 10.9 Å². The number of benzene rings is 1. The monoisotopic (exact) mass is 310 g/mol. The van der Waals surface area contributed by atoms with Gasteiger partial charge >= 0.3 is 5.97 Å². The van der Waals surface area contributed by atoms with Crippen LogP contribution in [0.1, 0.15) is 29.4 Å².